The number of rotatable bonds is 5. The number of ether oxygens (including phenoxy) is 2. The van der Waals surface area contributed by atoms with Gasteiger partial charge in [0.15, 0.2) is 16.6 Å². The molecule has 0 saturated heterocycles. The number of benzene rings is 2. The fourth-order valence-electron chi connectivity index (χ4n) is 3.90. The van der Waals surface area contributed by atoms with Gasteiger partial charge in [-0.15, -0.1) is 23.1 Å². The van der Waals surface area contributed by atoms with Gasteiger partial charge in [0.2, 0.25) is 12.7 Å². The largest absolute Gasteiger partial charge is 0.454 e. The van der Waals surface area contributed by atoms with Crippen LogP contribution >= 0.6 is 23.1 Å². The van der Waals surface area contributed by atoms with Crippen molar-refractivity contribution in [3.63, 3.8) is 0 Å². The van der Waals surface area contributed by atoms with Gasteiger partial charge in [-0.25, -0.2) is 4.98 Å². The van der Waals surface area contributed by atoms with Gasteiger partial charge < -0.3 is 14.8 Å². The Morgan fingerprint density at radius 3 is 2.84 bits per heavy atom. The number of carbonyl (C=O) groups is 2. The van der Waals surface area contributed by atoms with E-state index in [9.17, 15) is 9.59 Å². The highest BCUT2D eigenvalue weighted by Gasteiger charge is 2.31. The molecule has 0 radical (unpaired) electrons. The van der Waals surface area contributed by atoms with Gasteiger partial charge in [0.1, 0.15) is 0 Å². The van der Waals surface area contributed by atoms with Crippen LogP contribution in [0.1, 0.15) is 39.7 Å². The van der Waals surface area contributed by atoms with Crippen molar-refractivity contribution in [3.8, 4) is 11.5 Å². The second kappa shape index (κ2) is 8.84. The molecule has 32 heavy (non-hydrogen) atoms. The van der Waals surface area contributed by atoms with Gasteiger partial charge in [0.25, 0.3) is 5.91 Å². The third-order valence-electron chi connectivity index (χ3n) is 5.49. The van der Waals surface area contributed by atoms with E-state index in [1.54, 1.807) is 30.0 Å². The molecule has 1 aliphatic heterocycles. The maximum atomic E-state index is 13.1. The van der Waals surface area contributed by atoms with Crippen LogP contribution in [-0.4, -0.2) is 29.8 Å². The Hall–Kier alpha value is -3.04. The van der Waals surface area contributed by atoms with Crippen LogP contribution in [-0.2, 0) is 11.2 Å². The second-order valence-electron chi connectivity index (χ2n) is 7.48. The molecular formula is C23H21N3O4S2. The Balaban J connectivity index is 1.33. The third-order valence-corrected chi connectivity index (χ3v) is 7.33. The maximum absolute atomic E-state index is 13.1. The molecule has 5 rings (SSSR count). The second-order valence-corrected chi connectivity index (χ2v) is 9.42. The number of anilines is 2. The Morgan fingerprint density at radius 2 is 1.97 bits per heavy atom. The number of thioether (sulfide) groups is 1. The monoisotopic (exact) mass is 467 g/mol. The molecule has 1 atom stereocenters. The lowest BCUT2D eigenvalue weighted by atomic mass is 9.90. The van der Waals surface area contributed by atoms with E-state index in [1.807, 2.05) is 30.5 Å². The number of nitrogens with one attached hydrogen (secondary N) is 2. The smallest absolute Gasteiger partial charge is 0.257 e. The fraction of sp³-hybridized carbons (Fsp3) is 0.261. The summed E-state index contributed by atoms with van der Waals surface area (Å²) in [6, 6.07) is 12.8. The zero-order chi connectivity index (χ0) is 22.1. The highest BCUT2D eigenvalue weighted by atomic mass is 32.2. The molecule has 0 bridgehead atoms. The summed E-state index contributed by atoms with van der Waals surface area (Å²) in [6.45, 7) is 0.157. The lowest BCUT2D eigenvalue weighted by Crippen LogP contribution is -2.25. The molecule has 0 saturated carbocycles. The van der Waals surface area contributed by atoms with Crippen LogP contribution in [0.2, 0.25) is 0 Å². The number of nitrogens with zero attached hydrogens (tertiary/aromatic N) is 1. The predicted molar refractivity (Wildman–Crippen MR) is 125 cm³/mol. The number of amides is 2. The maximum Gasteiger partial charge on any atom is 0.257 e. The van der Waals surface area contributed by atoms with Crippen molar-refractivity contribution >= 4 is 45.7 Å². The number of hydrogen-bond acceptors (Lipinski definition) is 7. The van der Waals surface area contributed by atoms with Crippen LogP contribution in [0, 0.1) is 0 Å². The van der Waals surface area contributed by atoms with Gasteiger partial charge in [-0.05, 0) is 55.9 Å². The number of carbonyl (C=O) groups excluding carboxylic acids is 2. The first-order chi connectivity index (χ1) is 15.6. The quantitative estimate of drug-likeness (QED) is 0.519. The minimum Gasteiger partial charge on any atom is -0.454 e. The summed E-state index contributed by atoms with van der Waals surface area (Å²) >= 11 is 3.03. The number of hydrogen-bond donors (Lipinski definition) is 2. The molecule has 2 amide bonds. The summed E-state index contributed by atoms with van der Waals surface area (Å²) in [7, 11) is 0. The summed E-state index contributed by atoms with van der Waals surface area (Å²) in [5.41, 5.74) is 2.04. The summed E-state index contributed by atoms with van der Waals surface area (Å²) in [5, 5.41) is 6.44. The Kier molecular flexibility index (Phi) is 5.75. The minimum absolute atomic E-state index is 0.0635. The van der Waals surface area contributed by atoms with Crippen LogP contribution in [0.4, 0.5) is 10.8 Å². The summed E-state index contributed by atoms with van der Waals surface area (Å²) in [6.07, 6.45) is 4.49. The standard InChI is InChI=1S/C23H21N3O4S2/c1-31-18-7-3-2-6-15(18)24-22(28)14-5-4-8-19-20(14)25-23(32-19)26-21(27)13-9-10-16-17(11-13)30-12-29-16/h2-3,6-7,9-11,14H,4-5,8,12H2,1H3,(H,24,28)(H,25,26,27). The first-order valence-corrected chi connectivity index (χ1v) is 12.3. The molecule has 0 fully saturated rings. The molecule has 2 N–H and O–H groups in total. The SMILES string of the molecule is CSc1ccccc1NC(=O)C1CCCc2sc(NC(=O)c3ccc4c(c3)OCO4)nc21. The lowest BCUT2D eigenvalue weighted by Gasteiger charge is -2.21. The Bertz CT molecular complexity index is 1190. The van der Waals surface area contributed by atoms with Gasteiger partial charge >= 0.3 is 0 Å². The molecule has 1 aromatic heterocycles. The van der Waals surface area contributed by atoms with Crippen molar-refractivity contribution < 1.29 is 19.1 Å². The van der Waals surface area contributed by atoms with Gasteiger partial charge in [0.05, 0.1) is 17.3 Å². The number of para-hydroxylation sites is 1. The first kappa shape index (κ1) is 20.8. The zero-order valence-electron chi connectivity index (χ0n) is 17.3. The van der Waals surface area contributed by atoms with E-state index in [0.29, 0.717) is 22.2 Å². The predicted octanol–water partition coefficient (Wildman–Crippen LogP) is 4.90. The van der Waals surface area contributed by atoms with E-state index >= 15 is 0 Å². The number of aryl methyl sites for hydroxylation is 1. The average Bonchev–Trinajstić information content (AvgIpc) is 3.44. The fourth-order valence-corrected chi connectivity index (χ4v) is 5.52. The molecule has 2 heterocycles. The van der Waals surface area contributed by atoms with Crippen molar-refractivity contribution in [2.75, 3.05) is 23.7 Å². The van der Waals surface area contributed by atoms with Crippen LogP contribution in [0.5, 0.6) is 11.5 Å². The van der Waals surface area contributed by atoms with Crippen LogP contribution in [0.15, 0.2) is 47.4 Å². The highest BCUT2D eigenvalue weighted by molar-refractivity contribution is 7.98. The Morgan fingerprint density at radius 1 is 1.12 bits per heavy atom. The Labute approximate surface area is 193 Å². The van der Waals surface area contributed by atoms with Gasteiger partial charge in [0, 0.05) is 15.3 Å². The van der Waals surface area contributed by atoms with E-state index in [-0.39, 0.29) is 24.5 Å². The molecule has 2 aromatic carbocycles. The highest BCUT2D eigenvalue weighted by Crippen LogP contribution is 2.38. The van der Waals surface area contributed by atoms with E-state index in [4.69, 9.17) is 9.47 Å². The van der Waals surface area contributed by atoms with Gasteiger partial charge in [-0.3, -0.25) is 14.9 Å². The molecule has 0 spiro atoms. The van der Waals surface area contributed by atoms with E-state index < -0.39 is 0 Å². The molecule has 1 unspecified atom stereocenters. The molecule has 7 nitrogen and oxygen atoms in total. The van der Waals surface area contributed by atoms with Crippen molar-refractivity contribution in [1.82, 2.24) is 4.98 Å². The van der Waals surface area contributed by atoms with Crippen molar-refractivity contribution in [2.24, 2.45) is 0 Å². The molecular weight excluding hydrogens is 446 g/mol. The van der Waals surface area contributed by atoms with Crippen molar-refractivity contribution in [2.45, 2.75) is 30.1 Å². The normalized spacial score (nSPS) is 16.3. The molecule has 2 aliphatic rings. The number of fused-ring (bicyclic) bond motifs is 2. The first-order valence-electron chi connectivity index (χ1n) is 10.3. The van der Waals surface area contributed by atoms with E-state index in [2.05, 4.69) is 15.6 Å². The lowest BCUT2D eigenvalue weighted by molar-refractivity contribution is -0.118. The third kappa shape index (κ3) is 4.05. The molecule has 9 heteroatoms. The van der Waals surface area contributed by atoms with E-state index in [1.165, 1.54) is 11.3 Å². The minimum atomic E-state index is -0.332. The number of aromatic nitrogens is 1. The summed E-state index contributed by atoms with van der Waals surface area (Å²) in [5.74, 6) is 0.512. The van der Waals surface area contributed by atoms with Crippen LogP contribution < -0.4 is 20.1 Å². The topological polar surface area (TPSA) is 89.6 Å². The summed E-state index contributed by atoms with van der Waals surface area (Å²) in [4.78, 5) is 32.5. The molecule has 1 aliphatic carbocycles. The molecule has 3 aromatic rings. The van der Waals surface area contributed by atoms with Crippen LogP contribution in [0.3, 0.4) is 0 Å². The average molecular weight is 468 g/mol. The van der Waals surface area contributed by atoms with Crippen molar-refractivity contribution in [1.29, 1.82) is 0 Å². The summed E-state index contributed by atoms with van der Waals surface area (Å²) < 4.78 is 10.6. The number of thiazole rings is 1. The molecule has 164 valence electrons. The van der Waals surface area contributed by atoms with Gasteiger partial charge in [-0.1, -0.05) is 12.1 Å². The van der Waals surface area contributed by atoms with Crippen molar-refractivity contribution in [3.05, 3.63) is 58.6 Å². The van der Waals surface area contributed by atoms with Crippen LogP contribution in [0.25, 0.3) is 0 Å². The van der Waals surface area contributed by atoms with E-state index in [0.717, 1.165) is 40.4 Å². The van der Waals surface area contributed by atoms with Gasteiger partial charge in [-0.2, -0.15) is 0 Å². The zero-order valence-corrected chi connectivity index (χ0v) is 19.0.